The quantitative estimate of drug-likeness (QED) is 0.454. The summed E-state index contributed by atoms with van der Waals surface area (Å²) in [5.41, 5.74) is 0. The first-order valence-electron chi connectivity index (χ1n) is 7.69. The number of rotatable bonds is 11. The standard InChI is InChI=1S/C16H30N2O3/c1-6-11-21-16(20)17-10-8-7-9-14(18-13(4)5)15(19)12(2)3/h6,12-14,18H,1,7-11H2,2-5H3,(H,17,20)/t14-/m0/s1. The second-order valence-electron chi connectivity index (χ2n) is 5.74. The fourth-order valence-electron chi connectivity index (χ4n) is 1.96. The molecule has 1 atom stereocenters. The van der Waals surface area contributed by atoms with Crippen LogP contribution in [0.15, 0.2) is 12.7 Å². The molecule has 122 valence electrons. The predicted molar refractivity (Wildman–Crippen MR) is 85.3 cm³/mol. The third-order valence-electron chi connectivity index (χ3n) is 2.97. The molecule has 5 nitrogen and oxygen atoms in total. The lowest BCUT2D eigenvalue weighted by Crippen LogP contribution is -2.42. The maximum absolute atomic E-state index is 12.1. The number of carbonyl (C=O) groups is 2. The number of hydrogen-bond donors (Lipinski definition) is 2. The molecule has 1 amide bonds. The van der Waals surface area contributed by atoms with E-state index in [0.717, 1.165) is 19.3 Å². The van der Waals surface area contributed by atoms with Gasteiger partial charge in [0.2, 0.25) is 0 Å². The third-order valence-corrected chi connectivity index (χ3v) is 2.97. The summed E-state index contributed by atoms with van der Waals surface area (Å²) in [5.74, 6) is 0.287. The van der Waals surface area contributed by atoms with Gasteiger partial charge >= 0.3 is 6.09 Å². The van der Waals surface area contributed by atoms with Gasteiger partial charge in [-0.3, -0.25) is 4.79 Å². The second-order valence-corrected chi connectivity index (χ2v) is 5.74. The van der Waals surface area contributed by atoms with Crippen LogP contribution in [-0.2, 0) is 9.53 Å². The number of Topliss-reactive ketones (excluding diaryl/α,β-unsaturated/α-hetero) is 1. The van der Waals surface area contributed by atoms with Crippen LogP contribution in [0.5, 0.6) is 0 Å². The highest BCUT2D eigenvalue weighted by Gasteiger charge is 2.21. The molecule has 0 spiro atoms. The molecule has 2 N–H and O–H groups in total. The van der Waals surface area contributed by atoms with Crippen molar-refractivity contribution >= 4 is 11.9 Å². The van der Waals surface area contributed by atoms with Crippen LogP contribution in [0.25, 0.3) is 0 Å². The maximum atomic E-state index is 12.1. The molecule has 0 bridgehead atoms. The average molecular weight is 298 g/mol. The van der Waals surface area contributed by atoms with E-state index in [2.05, 4.69) is 17.2 Å². The van der Waals surface area contributed by atoms with E-state index in [-0.39, 0.29) is 30.4 Å². The summed E-state index contributed by atoms with van der Waals surface area (Å²) in [7, 11) is 0. The largest absolute Gasteiger partial charge is 0.445 e. The van der Waals surface area contributed by atoms with Crippen molar-refractivity contribution in [3.63, 3.8) is 0 Å². The average Bonchev–Trinajstić information content (AvgIpc) is 2.42. The monoisotopic (exact) mass is 298 g/mol. The Bertz CT molecular complexity index is 327. The maximum Gasteiger partial charge on any atom is 0.407 e. The van der Waals surface area contributed by atoms with Crippen LogP contribution in [0, 0.1) is 5.92 Å². The molecule has 5 heteroatoms. The summed E-state index contributed by atoms with van der Waals surface area (Å²) in [6.45, 7) is 12.2. The van der Waals surface area contributed by atoms with Gasteiger partial charge in [0, 0.05) is 18.5 Å². The number of ether oxygens (including phenoxy) is 1. The Balaban J connectivity index is 3.95. The van der Waals surface area contributed by atoms with Crippen LogP contribution >= 0.6 is 0 Å². The van der Waals surface area contributed by atoms with Crippen LogP contribution in [0.3, 0.4) is 0 Å². The van der Waals surface area contributed by atoms with Gasteiger partial charge in [-0.05, 0) is 19.3 Å². The van der Waals surface area contributed by atoms with Crippen LogP contribution in [-0.4, -0.2) is 37.1 Å². The molecule has 0 aromatic heterocycles. The van der Waals surface area contributed by atoms with E-state index >= 15 is 0 Å². The van der Waals surface area contributed by atoms with Gasteiger partial charge in [-0.15, -0.1) is 0 Å². The molecular formula is C16H30N2O3. The Hall–Kier alpha value is -1.36. The van der Waals surface area contributed by atoms with Gasteiger partial charge in [-0.25, -0.2) is 4.79 Å². The summed E-state index contributed by atoms with van der Waals surface area (Å²) in [6, 6.07) is 0.183. The zero-order valence-electron chi connectivity index (χ0n) is 13.8. The summed E-state index contributed by atoms with van der Waals surface area (Å²) < 4.78 is 4.81. The van der Waals surface area contributed by atoms with Crippen molar-refractivity contribution in [2.24, 2.45) is 5.92 Å². The lowest BCUT2D eigenvalue weighted by Gasteiger charge is -2.22. The van der Waals surface area contributed by atoms with E-state index in [1.54, 1.807) is 0 Å². The second kappa shape index (κ2) is 11.3. The summed E-state index contributed by atoms with van der Waals surface area (Å²) in [5, 5.41) is 5.99. The van der Waals surface area contributed by atoms with Crippen molar-refractivity contribution in [2.75, 3.05) is 13.2 Å². The topological polar surface area (TPSA) is 67.4 Å². The van der Waals surface area contributed by atoms with E-state index in [4.69, 9.17) is 4.74 Å². The smallest absolute Gasteiger partial charge is 0.407 e. The van der Waals surface area contributed by atoms with Gasteiger partial charge in [0.1, 0.15) is 6.61 Å². The third kappa shape index (κ3) is 10.1. The summed E-state index contributed by atoms with van der Waals surface area (Å²) >= 11 is 0. The number of nitrogens with one attached hydrogen (secondary N) is 2. The Morgan fingerprint density at radius 2 is 1.86 bits per heavy atom. The van der Waals surface area contributed by atoms with Crippen molar-refractivity contribution in [1.82, 2.24) is 10.6 Å². The first kappa shape index (κ1) is 19.6. The number of carbonyl (C=O) groups excluding carboxylic acids is 2. The SMILES string of the molecule is C=CCOC(=O)NCCCC[C@H](NC(C)C)C(=O)C(C)C. The molecule has 0 aromatic rings. The van der Waals surface area contributed by atoms with E-state index in [9.17, 15) is 9.59 Å². The fourth-order valence-corrected chi connectivity index (χ4v) is 1.96. The number of amides is 1. The van der Waals surface area contributed by atoms with Crippen molar-refractivity contribution in [1.29, 1.82) is 0 Å². The van der Waals surface area contributed by atoms with E-state index in [0.29, 0.717) is 6.54 Å². The number of ketones is 1. The molecule has 0 aliphatic heterocycles. The fraction of sp³-hybridized carbons (Fsp3) is 0.750. The highest BCUT2D eigenvalue weighted by atomic mass is 16.5. The Labute approximate surface area is 128 Å². The summed E-state index contributed by atoms with van der Waals surface area (Å²) in [4.78, 5) is 23.3. The van der Waals surface area contributed by atoms with Crippen LogP contribution in [0.4, 0.5) is 4.79 Å². The number of unbranched alkanes of at least 4 members (excludes halogenated alkanes) is 1. The van der Waals surface area contributed by atoms with E-state index in [1.165, 1.54) is 6.08 Å². The van der Waals surface area contributed by atoms with Crippen molar-refractivity contribution in [2.45, 2.75) is 59.0 Å². The number of alkyl carbamates (subject to hydrolysis) is 1. The van der Waals surface area contributed by atoms with E-state index < -0.39 is 6.09 Å². The first-order valence-corrected chi connectivity index (χ1v) is 7.69. The Morgan fingerprint density at radius 1 is 1.19 bits per heavy atom. The molecule has 0 heterocycles. The molecule has 21 heavy (non-hydrogen) atoms. The molecule has 0 rings (SSSR count). The molecule has 0 radical (unpaired) electrons. The van der Waals surface area contributed by atoms with Gasteiger partial charge in [0.05, 0.1) is 6.04 Å². The van der Waals surface area contributed by atoms with Crippen molar-refractivity contribution in [3.8, 4) is 0 Å². The molecule has 0 saturated carbocycles. The minimum atomic E-state index is -0.426. The molecule has 0 aromatic carbocycles. The van der Waals surface area contributed by atoms with Gasteiger partial charge in [-0.2, -0.15) is 0 Å². The highest BCUT2D eigenvalue weighted by Crippen LogP contribution is 2.08. The molecule has 0 aliphatic rings. The normalized spacial score (nSPS) is 12.3. The molecule has 0 fully saturated rings. The minimum absolute atomic E-state index is 0.0354. The van der Waals surface area contributed by atoms with Crippen LogP contribution < -0.4 is 10.6 Å². The molecule has 0 unspecified atom stereocenters. The van der Waals surface area contributed by atoms with Gasteiger partial charge in [-0.1, -0.05) is 40.3 Å². The zero-order chi connectivity index (χ0) is 16.3. The lowest BCUT2D eigenvalue weighted by molar-refractivity contribution is -0.124. The van der Waals surface area contributed by atoms with Gasteiger partial charge < -0.3 is 15.4 Å². The predicted octanol–water partition coefficient (Wildman–Crippen LogP) is 2.66. The first-order chi connectivity index (χ1) is 9.88. The molecule has 0 saturated heterocycles. The minimum Gasteiger partial charge on any atom is -0.445 e. The molecule has 0 aliphatic carbocycles. The Kier molecular flexibility index (Phi) is 10.6. The van der Waals surface area contributed by atoms with E-state index in [1.807, 2.05) is 27.7 Å². The summed E-state index contributed by atoms with van der Waals surface area (Å²) in [6.07, 6.45) is 3.60. The zero-order valence-corrected chi connectivity index (χ0v) is 13.8. The van der Waals surface area contributed by atoms with Crippen molar-refractivity contribution < 1.29 is 14.3 Å². The Morgan fingerprint density at radius 3 is 2.38 bits per heavy atom. The number of hydrogen-bond acceptors (Lipinski definition) is 4. The molecular weight excluding hydrogens is 268 g/mol. The van der Waals surface area contributed by atoms with Gasteiger partial charge in [0.25, 0.3) is 0 Å². The van der Waals surface area contributed by atoms with Gasteiger partial charge in [0.15, 0.2) is 5.78 Å². The van der Waals surface area contributed by atoms with Crippen LogP contribution in [0.2, 0.25) is 0 Å². The lowest BCUT2D eigenvalue weighted by atomic mass is 9.96. The highest BCUT2D eigenvalue weighted by molar-refractivity contribution is 5.85. The van der Waals surface area contributed by atoms with Crippen molar-refractivity contribution in [3.05, 3.63) is 12.7 Å². The van der Waals surface area contributed by atoms with Crippen LogP contribution in [0.1, 0.15) is 47.0 Å².